The van der Waals surface area contributed by atoms with Gasteiger partial charge in [0, 0.05) is 45.4 Å². The molecular weight excluding hydrogens is 417 g/mol. The van der Waals surface area contributed by atoms with Crippen molar-refractivity contribution in [1.82, 2.24) is 9.62 Å². The number of anilines is 1. The molecule has 0 aliphatic carbocycles. The predicted molar refractivity (Wildman–Crippen MR) is 99.5 cm³/mol. The van der Waals surface area contributed by atoms with Crippen LogP contribution in [0.4, 0.5) is 24.5 Å². The largest absolute Gasteiger partial charge is 0.411 e. The summed E-state index contributed by atoms with van der Waals surface area (Å²) < 4.78 is 66.5. The van der Waals surface area contributed by atoms with E-state index in [9.17, 15) is 31.7 Å². The van der Waals surface area contributed by atoms with Crippen LogP contribution in [0.1, 0.15) is 6.42 Å². The van der Waals surface area contributed by atoms with Gasteiger partial charge in [-0.15, -0.1) is 0 Å². The highest BCUT2D eigenvalue weighted by Gasteiger charge is 2.28. The first-order valence-electron chi connectivity index (χ1n) is 8.87. The van der Waals surface area contributed by atoms with E-state index in [4.69, 9.17) is 0 Å². The summed E-state index contributed by atoms with van der Waals surface area (Å²) in [5.41, 5.74) is 0.0357. The number of nitrogens with one attached hydrogen (secondary N) is 1. The van der Waals surface area contributed by atoms with Crippen molar-refractivity contribution in [3.63, 3.8) is 0 Å². The van der Waals surface area contributed by atoms with Gasteiger partial charge in [0.25, 0.3) is 5.69 Å². The number of hydrogen-bond acceptors (Lipinski definition) is 7. The van der Waals surface area contributed by atoms with E-state index in [2.05, 4.69) is 9.46 Å². The van der Waals surface area contributed by atoms with E-state index in [1.54, 1.807) is 4.90 Å². The van der Waals surface area contributed by atoms with Crippen molar-refractivity contribution in [2.75, 3.05) is 57.9 Å². The summed E-state index contributed by atoms with van der Waals surface area (Å²) in [5, 5.41) is 11.4. The summed E-state index contributed by atoms with van der Waals surface area (Å²) >= 11 is 0. The second kappa shape index (κ2) is 9.69. The number of benzene rings is 1. The number of ether oxygens (including phenoxy) is 1. The molecule has 29 heavy (non-hydrogen) atoms. The Hall–Kier alpha value is -1.96. The maximum Gasteiger partial charge on any atom is 0.411 e. The molecule has 1 saturated heterocycles. The van der Waals surface area contributed by atoms with Crippen LogP contribution in [0.3, 0.4) is 0 Å². The van der Waals surface area contributed by atoms with Gasteiger partial charge < -0.3 is 9.64 Å². The second-order valence-electron chi connectivity index (χ2n) is 6.47. The Kier molecular flexibility index (Phi) is 7.80. The van der Waals surface area contributed by atoms with E-state index in [0.29, 0.717) is 44.8 Å². The molecule has 1 aliphatic rings. The number of hydrogen-bond donors (Lipinski definition) is 1. The van der Waals surface area contributed by atoms with E-state index < -0.39 is 27.7 Å². The van der Waals surface area contributed by atoms with Gasteiger partial charge in [0.05, 0.1) is 9.82 Å². The molecule has 0 bridgehead atoms. The fraction of sp³-hybridized carbons (Fsp3) is 0.625. The molecule has 1 aliphatic heterocycles. The maximum absolute atomic E-state index is 12.0. The summed E-state index contributed by atoms with van der Waals surface area (Å²) in [4.78, 5) is 14.5. The Labute approximate surface area is 166 Å². The van der Waals surface area contributed by atoms with Crippen LogP contribution >= 0.6 is 0 Å². The Morgan fingerprint density at radius 2 is 1.90 bits per heavy atom. The highest BCUT2D eigenvalue weighted by atomic mass is 32.2. The molecule has 0 unspecified atom stereocenters. The van der Waals surface area contributed by atoms with Crippen LogP contribution in [0, 0.1) is 10.1 Å². The van der Waals surface area contributed by atoms with Gasteiger partial charge in [-0.25, -0.2) is 13.1 Å². The summed E-state index contributed by atoms with van der Waals surface area (Å²) in [7, 11) is -2.57. The van der Waals surface area contributed by atoms with Crippen LogP contribution < -0.4 is 9.62 Å². The van der Waals surface area contributed by atoms with Gasteiger partial charge in [-0.2, -0.15) is 13.2 Å². The van der Waals surface area contributed by atoms with Crippen molar-refractivity contribution >= 4 is 21.4 Å². The monoisotopic (exact) mass is 440 g/mol. The number of nitro benzene ring substituents is 1. The zero-order valence-corrected chi connectivity index (χ0v) is 16.6. The Bertz CT molecular complexity index is 811. The average Bonchev–Trinajstić information content (AvgIpc) is 2.67. The average molecular weight is 440 g/mol. The second-order valence-corrected chi connectivity index (χ2v) is 8.35. The molecule has 0 atom stereocenters. The summed E-state index contributed by atoms with van der Waals surface area (Å²) in [6.07, 6.45) is -3.88. The lowest BCUT2D eigenvalue weighted by atomic mass is 10.2. The number of nitrogens with zero attached hydrogens (tertiary/aromatic N) is 3. The van der Waals surface area contributed by atoms with Gasteiger partial charge in [-0.3, -0.25) is 15.0 Å². The Balaban J connectivity index is 1.93. The predicted octanol–water partition coefficient (Wildman–Crippen LogP) is 1.59. The molecule has 1 fully saturated rings. The number of piperazine rings is 1. The molecule has 2 rings (SSSR count). The molecule has 1 N–H and O–H groups in total. The van der Waals surface area contributed by atoms with Gasteiger partial charge in [0.15, 0.2) is 0 Å². The first kappa shape index (κ1) is 23.3. The standard InChI is InChI=1S/C16H23F3N4O5S/c1-20-29(26,27)13-3-4-14(15(11-13)23(24)25)22-8-6-21(7-9-22)5-2-10-28-12-16(17,18)19/h3-4,11,20H,2,5-10,12H2,1H3. The van der Waals surface area contributed by atoms with Crippen molar-refractivity contribution in [1.29, 1.82) is 0 Å². The molecule has 1 aromatic carbocycles. The summed E-state index contributed by atoms with van der Waals surface area (Å²) in [5.74, 6) is 0. The minimum Gasteiger partial charge on any atom is -0.372 e. The quantitative estimate of drug-likeness (QED) is 0.353. The van der Waals surface area contributed by atoms with Gasteiger partial charge in [0.2, 0.25) is 10.0 Å². The third-order valence-electron chi connectivity index (χ3n) is 4.46. The number of nitro groups is 1. The van der Waals surface area contributed by atoms with E-state index in [1.807, 2.05) is 4.90 Å². The van der Waals surface area contributed by atoms with Crippen molar-refractivity contribution in [3.05, 3.63) is 28.3 Å². The highest BCUT2D eigenvalue weighted by molar-refractivity contribution is 7.89. The lowest BCUT2D eigenvalue weighted by Crippen LogP contribution is -2.47. The number of rotatable bonds is 9. The molecule has 0 amide bonds. The van der Waals surface area contributed by atoms with Crippen molar-refractivity contribution < 1.29 is 31.2 Å². The summed E-state index contributed by atoms with van der Waals surface area (Å²) in [6.45, 7) is 1.41. The minimum absolute atomic E-state index is 0.00654. The van der Waals surface area contributed by atoms with E-state index in [1.165, 1.54) is 19.2 Å². The lowest BCUT2D eigenvalue weighted by Gasteiger charge is -2.35. The molecule has 0 radical (unpaired) electrons. The third-order valence-corrected chi connectivity index (χ3v) is 5.88. The van der Waals surface area contributed by atoms with E-state index >= 15 is 0 Å². The molecule has 13 heteroatoms. The fourth-order valence-corrected chi connectivity index (χ4v) is 3.74. The normalized spacial score (nSPS) is 16.2. The van der Waals surface area contributed by atoms with Crippen molar-refractivity contribution in [2.24, 2.45) is 0 Å². The maximum atomic E-state index is 12.0. The molecule has 9 nitrogen and oxygen atoms in total. The Morgan fingerprint density at radius 3 is 2.45 bits per heavy atom. The van der Waals surface area contributed by atoms with Crippen LogP contribution in [0.2, 0.25) is 0 Å². The van der Waals surface area contributed by atoms with Crippen LogP contribution in [0.5, 0.6) is 0 Å². The van der Waals surface area contributed by atoms with Gasteiger partial charge in [-0.1, -0.05) is 0 Å². The Morgan fingerprint density at radius 1 is 1.24 bits per heavy atom. The van der Waals surface area contributed by atoms with Crippen LogP contribution in [0.15, 0.2) is 23.1 Å². The molecule has 1 aromatic rings. The van der Waals surface area contributed by atoms with Crippen molar-refractivity contribution in [2.45, 2.75) is 17.5 Å². The molecule has 0 aromatic heterocycles. The third kappa shape index (κ3) is 6.80. The van der Waals surface area contributed by atoms with Gasteiger partial charge >= 0.3 is 6.18 Å². The van der Waals surface area contributed by atoms with Crippen LogP contribution in [-0.4, -0.2) is 77.4 Å². The molecule has 1 heterocycles. The first-order chi connectivity index (χ1) is 13.5. The zero-order valence-electron chi connectivity index (χ0n) is 15.8. The molecule has 164 valence electrons. The van der Waals surface area contributed by atoms with Crippen LogP contribution in [-0.2, 0) is 14.8 Å². The van der Waals surface area contributed by atoms with Crippen LogP contribution in [0.25, 0.3) is 0 Å². The lowest BCUT2D eigenvalue weighted by molar-refractivity contribution is -0.384. The van der Waals surface area contributed by atoms with E-state index in [-0.39, 0.29) is 17.2 Å². The van der Waals surface area contributed by atoms with Gasteiger partial charge in [0.1, 0.15) is 12.3 Å². The topological polar surface area (TPSA) is 105 Å². The minimum atomic E-state index is -4.33. The highest BCUT2D eigenvalue weighted by Crippen LogP contribution is 2.31. The zero-order chi connectivity index (χ0) is 21.7. The van der Waals surface area contributed by atoms with E-state index in [0.717, 1.165) is 6.07 Å². The van der Waals surface area contributed by atoms with Gasteiger partial charge in [-0.05, 0) is 25.6 Å². The molecular formula is C16H23F3N4O5S. The van der Waals surface area contributed by atoms with Crippen molar-refractivity contribution in [3.8, 4) is 0 Å². The molecule has 0 saturated carbocycles. The summed E-state index contributed by atoms with van der Waals surface area (Å²) in [6, 6.07) is 3.77. The number of alkyl halides is 3. The SMILES string of the molecule is CNS(=O)(=O)c1ccc(N2CCN(CCCOCC(F)(F)F)CC2)c([N+](=O)[O-])c1. The number of halogens is 3. The fourth-order valence-electron chi connectivity index (χ4n) is 2.99. The molecule has 0 spiro atoms. The smallest absolute Gasteiger partial charge is 0.372 e. The first-order valence-corrected chi connectivity index (χ1v) is 10.4. The number of sulfonamides is 1.